The smallest absolute Gasteiger partial charge is 0.102 e. The molecule has 2 atom stereocenters. The van der Waals surface area contributed by atoms with Gasteiger partial charge in [0.05, 0.1) is 12.0 Å². The quantitative estimate of drug-likeness (QED) is 0.747. The molecule has 2 nitrogen and oxygen atoms in total. The van der Waals surface area contributed by atoms with E-state index >= 15 is 0 Å². The second-order valence-electron chi connectivity index (χ2n) is 3.36. The van der Waals surface area contributed by atoms with Crippen LogP contribution in [0.1, 0.15) is 19.4 Å². The van der Waals surface area contributed by atoms with Crippen LogP contribution in [0.4, 0.5) is 0 Å². The normalized spacial score (nSPS) is 17.1. The maximum absolute atomic E-state index is 10.0. The van der Waals surface area contributed by atoms with Crippen molar-refractivity contribution in [1.29, 1.82) is 5.26 Å². The van der Waals surface area contributed by atoms with Gasteiger partial charge in [-0.2, -0.15) is 5.26 Å². The first-order valence-corrected chi connectivity index (χ1v) is 4.26. The second-order valence-corrected chi connectivity index (χ2v) is 3.36. The van der Waals surface area contributed by atoms with Gasteiger partial charge in [0.15, 0.2) is 0 Å². The van der Waals surface area contributed by atoms with Crippen LogP contribution in [0.15, 0.2) is 30.3 Å². The Morgan fingerprint density at radius 2 is 1.92 bits per heavy atom. The molecule has 0 aliphatic heterocycles. The third kappa shape index (κ3) is 1.88. The summed E-state index contributed by atoms with van der Waals surface area (Å²) in [6.07, 6.45) is 0. The zero-order valence-corrected chi connectivity index (χ0v) is 7.86. The molecule has 0 spiro atoms. The average Bonchev–Trinajstić information content (AvgIpc) is 2.18. The van der Waals surface area contributed by atoms with Crippen LogP contribution in [-0.4, -0.2) is 5.11 Å². The lowest BCUT2D eigenvalue weighted by molar-refractivity contribution is 0.0232. The molecule has 0 aliphatic carbocycles. The highest BCUT2D eigenvalue weighted by Crippen LogP contribution is 2.28. The van der Waals surface area contributed by atoms with Crippen LogP contribution in [0.3, 0.4) is 0 Å². The number of nitrogens with zero attached hydrogens (tertiary/aromatic N) is 1. The third-order valence-electron chi connectivity index (χ3n) is 2.40. The summed E-state index contributed by atoms with van der Waals surface area (Å²) in [6, 6.07) is 11.3. The van der Waals surface area contributed by atoms with Crippen LogP contribution in [0.25, 0.3) is 0 Å². The first kappa shape index (κ1) is 9.76. The summed E-state index contributed by atoms with van der Waals surface area (Å²) >= 11 is 0. The molecule has 13 heavy (non-hydrogen) atoms. The van der Waals surface area contributed by atoms with Crippen molar-refractivity contribution in [2.75, 3.05) is 0 Å². The number of hydrogen-bond acceptors (Lipinski definition) is 2. The second kappa shape index (κ2) is 3.59. The summed E-state index contributed by atoms with van der Waals surface area (Å²) in [7, 11) is 0. The Morgan fingerprint density at radius 1 is 1.38 bits per heavy atom. The Labute approximate surface area is 78.4 Å². The minimum Gasteiger partial charge on any atom is -0.384 e. The highest BCUT2D eigenvalue weighted by Gasteiger charge is 2.29. The molecule has 1 aromatic rings. The number of benzene rings is 1. The zero-order valence-electron chi connectivity index (χ0n) is 7.86. The van der Waals surface area contributed by atoms with E-state index in [4.69, 9.17) is 5.26 Å². The van der Waals surface area contributed by atoms with E-state index in [1.54, 1.807) is 13.8 Å². The molecule has 0 saturated heterocycles. The fourth-order valence-corrected chi connectivity index (χ4v) is 1.15. The third-order valence-corrected chi connectivity index (χ3v) is 2.40. The molecule has 0 heterocycles. The molecule has 0 amide bonds. The van der Waals surface area contributed by atoms with Gasteiger partial charge in [-0.05, 0) is 19.4 Å². The first-order chi connectivity index (χ1) is 6.09. The van der Waals surface area contributed by atoms with Crippen LogP contribution in [0.5, 0.6) is 0 Å². The molecular formula is C11H13NO. The summed E-state index contributed by atoms with van der Waals surface area (Å²) in [5.41, 5.74) is -0.278. The van der Waals surface area contributed by atoms with Gasteiger partial charge in [-0.25, -0.2) is 0 Å². The van der Waals surface area contributed by atoms with E-state index in [1.165, 1.54) is 0 Å². The van der Waals surface area contributed by atoms with E-state index in [0.29, 0.717) is 0 Å². The van der Waals surface area contributed by atoms with E-state index in [-0.39, 0.29) is 0 Å². The molecule has 1 rings (SSSR count). The van der Waals surface area contributed by atoms with Crippen molar-refractivity contribution < 1.29 is 5.11 Å². The van der Waals surface area contributed by atoms with Crippen LogP contribution in [-0.2, 0) is 5.60 Å². The van der Waals surface area contributed by atoms with Gasteiger partial charge in [-0.3, -0.25) is 0 Å². The highest BCUT2D eigenvalue weighted by molar-refractivity contribution is 5.23. The van der Waals surface area contributed by atoms with E-state index in [2.05, 4.69) is 6.07 Å². The number of hydrogen-bond donors (Lipinski definition) is 1. The number of rotatable bonds is 2. The molecule has 1 N–H and O–H groups in total. The van der Waals surface area contributed by atoms with Crippen molar-refractivity contribution in [3.8, 4) is 6.07 Å². The lowest BCUT2D eigenvalue weighted by Crippen LogP contribution is -2.28. The minimum atomic E-state index is -1.06. The summed E-state index contributed by atoms with van der Waals surface area (Å²) in [6.45, 7) is 3.38. The standard InChI is InChI=1S/C11H13NO/c1-9(8-12)11(2,13)10-6-4-3-5-7-10/h3-7,9,13H,1-2H3/t9-,11+/m1/s1. The Balaban J connectivity index is 3.02. The van der Waals surface area contributed by atoms with Crippen molar-refractivity contribution in [2.24, 2.45) is 5.92 Å². The summed E-state index contributed by atoms with van der Waals surface area (Å²) in [5.74, 6) is -0.408. The van der Waals surface area contributed by atoms with Crippen LogP contribution >= 0.6 is 0 Å². The van der Waals surface area contributed by atoms with E-state index < -0.39 is 11.5 Å². The summed E-state index contributed by atoms with van der Waals surface area (Å²) < 4.78 is 0. The molecule has 0 radical (unpaired) electrons. The van der Waals surface area contributed by atoms with Crippen LogP contribution in [0, 0.1) is 17.2 Å². The molecule has 0 bridgehead atoms. The molecule has 1 aromatic carbocycles. The van der Waals surface area contributed by atoms with Crippen molar-refractivity contribution in [3.63, 3.8) is 0 Å². The molecule has 0 saturated carbocycles. The lowest BCUT2D eigenvalue weighted by atomic mass is 9.85. The largest absolute Gasteiger partial charge is 0.384 e. The zero-order chi connectivity index (χ0) is 9.90. The van der Waals surface area contributed by atoms with Gasteiger partial charge in [-0.1, -0.05) is 30.3 Å². The van der Waals surface area contributed by atoms with E-state index in [9.17, 15) is 5.11 Å². The Hall–Kier alpha value is -1.33. The van der Waals surface area contributed by atoms with Gasteiger partial charge >= 0.3 is 0 Å². The Kier molecular flexibility index (Phi) is 2.69. The van der Waals surface area contributed by atoms with Gasteiger partial charge in [0.1, 0.15) is 5.60 Å². The monoisotopic (exact) mass is 175 g/mol. The SMILES string of the molecule is C[C@H](C#N)[C@](C)(O)c1ccccc1. The summed E-state index contributed by atoms with van der Waals surface area (Å²) in [4.78, 5) is 0. The van der Waals surface area contributed by atoms with Crippen molar-refractivity contribution in [2.45, 2.75) is 19.4 Å². The molecule has 68 valence electrons. The summed E-state index contributed by atoms with van der Waals surface area (Å²) in [5, 5.41) is 18.8. The van der Waals surface area contributed by atoms with Crippen LogP contribution in [0.2, 0.25) is 0 Å². The predicted octanol–water partition coefficient (Wildman–Crippen LogP) is 2.05. The van der Waals surface area contributed by atoms with Gasteiger partial charge in [-0.15, -0.1) is 0 Å². The maximum atomic E-state index is 10.0. The maximum Gasteiger partial charge on any atom is 0.102 e. The molecular weight excluding hydrogens is 162 g/mol. The predicted molar refractivity (Wildman–Crippen MR) is 50.8 cm³/mol. The molecule has 0 aliphatic rings. The van der Waals surface area contributed by atoms with Crippen molar-refractivity contribution >= 4 is 0 Å². The van der Waals surface area contributed by atoms with Crippen molar-refractivity contribution in [3.05, 3.63) is 35.9 Å². The average molecular weight is 175 g/mol. The fraction of sp³-hybridized carbons (Fsp3) is 0.364. The Bertz CT molecular complexity index is 311. The van der Waals surface area contributed by atoms with Gasteiger partial charge < -0.3 is 5.11 Å². The lowest BCUT2D eigenvalue weighted by Gasteiger charge is -2.26. The molecule has 0 fully saturated rings. The number of aliphatic hydroxyl groups is 1. The van der Waals surface area contributed by atoms with Gasteiger partial charge in [0, 0.05) is 0 Å². The Morgan fingerprint density at radius 3 is 2.38 bits per heavy atom. The van der Waals surface area contributed by atoms with E-state index in [1.807, 2.05) is 30.3 Å². The highest BCUT2D eigenvalue weighted by atomic mass is 16.3. The topological polar surface area (TPSA) is 44.0 Å². The van der Waals surface area contributed by atoms with Gasteiger partial charge in [0.25, 0.3) is 0 Å². The minimum absolute atomic E-state index is 0.408. The van der Waals surface area contributed by atoms with E-state index in [0.717, 1.165) is 5.56 Å². The van der Waals surface area contributed by atoms with Crippen molar-refractivity contribution in [1.82, 2.24) is 0 Å². The molecule has 2 heteroatoms. The fourth-order valence-electron chi connectivity index (χ4n) is 1.15. The van der Waals surface area contributed by atoms with Crippen LogP contribution < -0.4 is 0 Å². The first-order valence-electron chi connectivity index (χ1n) is 4.26. The molecule has 0 unspecified atom stereocenters. The number of nitriles is 1. The van der Waals surface area contributed by atoms with Gasteiger partial charge in [0.2, 0.25) is 0 Å². The molecule has 0 aromatic heterocycles.